The lowest BCUT2D eigenvalue weighted by Gasteiger charge is -2.23. The zero-order valence-corrected chi connectivity index (χ0v) is 12.1. The highest BCUT2D eigenvalue weighted by atomic mass is 19.2. The van der Waals surface area contributed by atoms with Gasteiger partial charge in [-0.15, -0.1) is 0 Å². The molecule has 0 radical (unpaired) electrons. The topological polar surface area (TPSA) is 66.8 Å². The molecule has 5 nitrogen and oxygen atoms in total. The van der Waals surface area contributed by atoms with Gasteiger partial charge in [0, 0.05) is 19.7 Å². The van der Waals surface area contributed by atoms with Crippen molar-refractivity contribution in [3.05, 3.63) is 35.4 Å². The molecule has 1 aromatic carbocycles. The third-order valence-corrected chi connectivity index (χ3v) is 3.78. The Morgan fingerprint density at radius 3 is 2.68 bits per heavy atom. The quantitative estimate of drug-likeness (QED) is 0.896. The van der Waals surface area contributed by atoms with Crippen LogP contribution in [0.1, 0.15) is 18.4 Å². The molecule has 0 spiro atoms. The molecule has 1 N–H and O–H groups in total. The van der Waals surface area contributed by atoms with E-state index in [9.17, 15) is 18.4 Å². The number of carboxylic acid groups (broad SMARTS) is 1. The highest BCUT2D eigenvalue weighted by molar-refractivity contribution is 5.80. The monoisotopic (exact) mass is 313 g/mol. The first-order valence-corrected chi connectivity index (χ1v) is 6.88. The van der Waals surface area contributed by atoms with E-state index in [1.54, 1.807) is 0 Å². The summed E-state index contributed by atoms with van der Waals surface area (Å²) in [5.41, 5.74) is 0.346. The highest BCUT2D eigenvalue weighted by Gasteiger charge is 2.36. The molecule has 0 bridgehead atoms. The molecule has 1 aliphatic rings. The maximum Gasteiger partial charge on any atom is 0.305 e. The second kappa shape index (κ2) is 6.83. The fraction of sp³-hybridized carbons (Fsp3) is 0.467. The van der Waals surface area contributed by atoms with E-state index in [0.717, 1.165) is 12.1 Å². The fourth-order valence-corrected chi connectivity index (χ4v) is 2.67. The van der Waals surface area contributed by atoms with Crippen LogP contribution in [-0.2, 0) is 20.7 Å². The molecule has 1 saturated heterocycles. The summed E-state index contributed by atoms with van der Waals surface area (Å²) >= 11 is 0. The van der Waals surface area contributed by atoms with E-state index in [0.29, 0.717) is 18.5 Å². The van der Waals surface area contributed by atoms with E-state index < -0.39 is 23.6 Å². The van der Waals surface area contributed by atoms with Crippen molar-refractivity contribution in [2.45, 2.75) is 31.4 Å². The molecule has 1 fully saturated rings. The lowest BCUT2D eigenvalue weighted by atomic mass is 10.1. The number of amides is 1. The molecule has 0 aromatic heterocycles. The van der Waals surface area contributed by atoms with Crippen LogP contribution in [-0.4, -0.2) is 47.7 Å². The number of ether oxygens (including phenoxy) is 1. The van der Waals surface area contributed by atoms with Crippen molar-refractivity contribution < 1.29 is 28.2 Å². The van der Waals surface area contributed by atoms with E-state index in [2.05, 4.69) is 0 Å². The maximum absolute atomic E-state index is 13.2. The van der Waals surface area contributed by atoms with Gasteiger partial charge in [-0.2, -0.15) is 0 Å². The number of methoxy groups -OCH3 is 1. The molecule has 2 atom stereocenters. The molecule has 1 aliphatic heterocycles. The van der Waals surface area contributed by atoms with Crippen LogP contribution >= 0.6 is 0 Å². The average molecular weight is 313 g/mol. The third-order valence-electron chi connectivity index (χ3n) is 3.78. The molecule has 2 rings (SSSR count). The summed E-state index contributed by atoms with van der Waals surface area (Å²) in [4.78, 5) is 24.7. The SMILES string of the molecule is COC1CC(CC(=O)O)N(C(=O)Cc2ccc(F)c(F)c2)C1. The number of hydrogen-bond donors (Lipinski definition) is 1. The minimum Gasteiger partial charge on any atom is -0.481 e. The average Bonchev–Trinajstić information content (AvgIpc) is 2.85. The number of benzene rings is 1. The number of carbonyl (C=O) groups excluding carboxylic acids is 1. The summed E-state index contributed by atoms with van der Waals surface area (Å²) in [6, 6.07) is 2.84. The Labute approximate surface area is 126 Å². The van der Waals surface area contributed by atoms with Crippen molar-refractivity contribution in [1.82, 2.24) is 4.90 Å². The number of likely N-dealkylation sites (tertiary alicyclic amines) is 1. The van der Waals surface area contributed by atoms with Crippen molar-refractivity contribution in [2.24, 2.45) is 0 Å². The fourth-order valence-electron chi connectivity index (χ4n) is 2.67. The Morgan fingerprint density at radius 1 is 1.36 bits per heavy atom. The van der Waals surface area contributed by atoms with Crippen LogP contribution in [0, 0.1) is 11.6 Å². The molecule has 1 aromatic rings. The van der Waals surface area contributed by atoms with Gasteiger partial charge in [0.25, 0.3) is 0 Å². The molecule has 7 heteroatoms. The van der Waals surface area contributed by atoms with Gasteiger partial charge >= 0.3 is 5.97 Å². The van der Waals surface area contributed by atoms with E-state index >= 15 is 0 Å². The molecule has 120 valence electrons. The Balaban J connectivity index is 2.08. The van der Waals surface area contributed by atoms with Crippen LogP contribution in [0.2, 0.25) is 0 Å². The summed E-state index contributed by atoms with van der Waals surface area (Å²) in [6.45, 7) is 0.303. The van der Waals surface area contributed by atoms with Crippen molar-refractivity contribution in [2.75, 3.05) is 13.7 Å². The van der Waals surface area contributed by atoms with E-state index in [1.165, 1.54) is 18.1 Å². The Hall–Kier alpha value is -2.02. The normalized spacial score (nSPS) is 21.1. The van der Waals surface area contributed by atoms with Crippen LogP contribution in [0.25, 0.3) is 0 Å². The Morgan fingerprint density at radius 2 is 2.09 bits per heavy atom. The summed E-state index contributed by atoms with van der Waals surface area (Å²) in [5, 5.41) is 8.92. The molecule has 0 aliphatic carbocycles. The number of hydrogen-bond acceptors (Lipinski definition) is 3. The van der Waals surface area contributed by atoms with Crippen molar-refractivity contribution in [1.29, 1.82) is 0 Å². The predicted octanol–water partition coefficient (Wildman–Crippen LogP) is 1.60. The summed E-state index contributed by atoms with van der Waals surface area (Å²) in [5.74, 6) is -3.30. The Bertz CT molecular complexity index is 579. The third kappa shape index (κ3) is 3.79. The second-order valence-corrected chi connectivity index (χ2v) is 5.32. The van der Waals surface area contributed by atoms with Gasteiger partial charge in [-0.3, -0.25) is 9.59 Å². The molecule has 0 saturated carbocycles. The van der Waals surface area contributed by atoms with E-state index in [1.807, 2.05) is 0 Å². The first kappa shape index (κ1) is 16.4. The van der Waals surface area contributed by atoms with Gasteiger partial charge in [-0.1, -0.05) is 6.07 Å². The zero-order valence-electron chi connectivity index (χ0n) is 12.1. The van der Waals surface area contributed by atoms with Gasteiger partial charge in [0.1, 0.15) is 0 Å². The molecular weight excluding hydrogens is 296 g/mol. The van der Waals surface area contributed by atoms with Crippen LogP contribution < -0.4 is 0 Å². The summed E-state index contributed by atoms with van der Waals surface area (Å²) < 4.78 is 31.3. The molecule has 1 heterocycles. The maximum atomic E-state index is 13.2. The van der Waals surface area contributed by atoms with E-state index in [4.69, 9.17) is 9.84 Å². The van der Waals surface area contributed by atoms with Gasteiger partial charge < -0.3 is 14.7 Å². The largest absolute Gasteiger partial charge is 0.481 e. The smallest absolute Gasteiger partial charge is 0.305 e. The lowest BCUT2D eigenvalue weighted by Crippen LogP contribution is -2.38. The van der Waals surface area contributed by atoms with E-state index in [-0.39, 0.29) is 24.9 Å². The second-order valence-electron chi connectivity index (χ2n) is 5.32. The minimum absolute atomic E-state index is 0.107. The lowest BCUT2D eigenvalue weighted by molar-refractivity contribution is -0.139. The number of carbonyl (C=O) groups is 2. The zero-order chi connectivity index (χ0) is 16.3. The van der Waals surface area contributed by atoms with Crippen molar-refractivity contribution in [3.63, 3.8) is 0 Å². The molecule has 22 heavy (non-hydrogen) atoms. The summed E-state index contributed by atoms with van der Waals surface area (Å²) in [6.07, 6.45) is -0.0299. The molecule has 1 amide bonds. The number of aliphatic carboxylic acids is 1. The standard InChI is InChI=1S/C15H17F2NO4/c1-22-11-6-10(7-15(20)21)18(8-11)14(19)5-9-2-3-12(16)13(17)4-9/h2-4,10-11H,5-8H2,1H3,(H,20,21). The van der Waals surface area contributed by atoms with Gasteiger partial charge in [-0.25, -0.2) is 8.78 Å². The first-order valence-electron chi connectivity index (χ1n) is 6.88. The van der Waals surface area contributed by atoms with Crippen LogP contribution in [0.15, 0.2) is 18.2 Å². The number of halogens is 2. The number of nitrogens with zero attached hydrogens (tertiary/aromatic N) is 1. The first-order chi connectivity index (χ1) is 10.4. The van der Waals surface area contributed by atoms with Crippen molar-refractivity contribution >= 4 is 11.9 Å². The van der Waals surface area contributed by atoms with Crippen LogP contribution in [0.5, 0.6) is 0 Å². The Kier molecular flexibility index (Phi) is 5.07. The summed E-state index contributed by atoms with van der Waals surface area (Å²) in [7, 11) is 1.51. The number of carboxylic acids is 1. The van der Waals surface area contributed by atoms with Gasteiger partial charge in [0.2, 0.25) is 5.91 Å². The van der Waals surface area contributed by atoms with Crippen LogP contribution in [0.4, 0.5) is 8.78 Å². The van der Waals surface area contributed by atoms with Crippen LogP contribution in [0.3, 0.4) is 0 Å². The van der Waals surface area contributed by atoms with Crippen molar-refractivity contribution in [3.8, 4) is 0 Å². The number of rotatable bonds is 5. The predicted molar refractivity (Wildman–Crippen MR) is 73.2 cm³/mol. The minimum atomic E-state index is -1.01. The molecule has 2 unspecified atom stereocenters. The highest BCUT2D eigenvalue weighted by Crippen LogP contribution is 2.24. The van der Waals surface area contributed by atoms with Gasteiger partial charge in [-0.05, 0) is 24.1 Å². The van der Waals surface area contributed by atoms with Gasteiger partial charge in [0.15, 0.2) is 11.6 Å². The van der Waals surface area contributed by atoms with Gasteiger partial charge in [0.05, 0.1) is 18.9 Å². The molecular formula is C15H17F2NO4.